The Labute approximate surface area is 119 Å². The highest BCUT2D eigenvalue weighted by atomic mass is 32.1. The van der Waals surface area contributed by atoms with Crippen LogP contribution in [-0.2, 0) is 0 Å². The van der Waals surface area contributed by atoms with Crippen LogP contribution >= 0.6 is 11.3 Å². The molecule has 6 heteroatoms. The topological polar surface area (TPSA) is 50.7 Å². The van der Waals surface area contributed by atoms with Crippen molar-refractivity contribution in [2.45, 2.75) is 13.8 Å². The first-order valence-corrected chi connectivity index (χ1v) is 6.99. The van der Waals surface area contributed by atoms with Crippen molar-refractivity contribution in [3.05, 3.63) is 34.7 Å². The van der Waals surface area contributed by atoms with Crippen molar-refractivity contribution in [1.82, 2.24) is 15.0 Å². The Morgan fingerprint density at radius 1 is 1.15 bits per heavy atom. The molecule has 0 atom stereocenters. The number of fused-ring (bicyclic) bond motifs is 1. The fourth-order valence-electron chi connectivity index (χ4n) is 2.13. The van der Waals surface area contributed by atoms with E-state index in [0.717, 1.165) is 15.6 Å². The summed E-state index contributed by atoms with van der Waals surface area (Å²) in [7, 11) is 1.77. The molecule has 3 aromatic rings. The summed E-state index contributed by atoms with van der Waals surface area (Å²) in [5.41, 5.74) is 1.63. The first kappa shape index (κ1) is 12.9. The number of anilines is 1. The zero-order chi connectivity index (χ0) is 14.3. The minimum Gasteiger partial charge on any atom is -0.373 e. The lowest BCUT2D eigenvalue weighted by molar-refractivity contribution is 0.629. The molecule has 0 spiro atoms. The molecule has 0 radical (unpaired) electrons. The highest BCUT2D eigenvalue weighted by molar-refractivity contribution is 7.15. The van der Waals surface area contributed by atoms with Gasteiger partial charge >= 0.3 is 0 Å². The number of rotatable bonds is 2. The number of hydrogen-bond acceptors (Lipinski definition) is 5. The van der Waals surface area contributed by atoms with Crippen molar-refractivity contribution in [3.8, 4) is 10.7 Å². The largest absolute Gasteiger partial charge is 0.373 e. The molecule has 0 saturated carbocycles. The SMILES string of the molecule is CNc1nc(-c2sc(C)nc2C)nc2ccc(F)cc12. The minimum atomic E-state index is -0.296. The molecular formula is C14H13FN4S. The van der Waals surface area contributed by atoms with Crippen molar-refractivity contribution in [3.63, 3.8) is 0 Å². The van der Waals surface area contributed by atoms with Gasteiger partial charge < -0.3 is 5.32 Å². The van der Waals surface area contributed by atoms with Crippen molar-refractivity contribution in [1.29, 1.82) is 0 Å². The van der Waals surface area contributed by atoms with E-state index in [0.29, 0.717) is 22.5 Å². The predicted octanol–water partition coefficient (Wildman–Crippen LogP) is 3.55. The standard InChI is InChI=1S/C14H13FN4S/c1-7-12(20-8(2)17-7)14-18-11-5-4-9(15)6-10(11)13(16-3)19-14/h4-6H,1-3H3,(H,16,18,19). The van der Waals surface area contributed by atoms with Gasteiger partial charge in [0.1, 0.15) is 11.6 Å². The van der Waals surface area contributed by atoms with Crippen LogP contribution in [0.5, 0.6) is 0 Å². The molecular weight excluding hydrogens is 275 g/mol. The third-order valence-corrected chi connectivity index (χ3v) is 4.07. The van der Waals surface area contributed by atoms with Crippen LogP contribution in [0.4, 0.5) is 10.2 Å². The molecule has 3 rings (SSSR count). The van der Waals surface area contributed by atoms with Crippen molar-refractivity contribution < 1.29 is 4.39 Å². The number of hydrogen-bond donors (Lipinski definition) is 1. The van der Waals surface area contributed by atoms with Gasteiger partial charge in [-0.05, 0) is 32.0 Å². The summed E-state index contributed by atoms with van der Waals surface area (Å²) in [6, 6.07) is 4.51. The highest BCUT2D eigenvalue weighted by Crippen LogP contribution is 2.30. The zero-order valence-electron chi connectivity index (χ0n) is 11.4. The van der Waals surface area contributed by atoms with Gasteiger partial charge in [-0.2, -0.15) is 0 Å². The quantitative estimate of drug-likeness (QED) is 0.783. The third kappa shape index (κ3) is 2.12. The van der Waals surface area contributed by atoms with Crippen LogP contribution in [0.1, 0.15) is 10.7 Å². The molecule has 0 bridgehead atoms. The van der Waals surface area contributed by atoms with E-state index in [9.17, 15) is 4.39 Å². The number of aromatic nitrogens is 3. The van der Waals surface area contributed by atoms with E-state index in [-0.39, 0.29) is 5.82 Å². The number of halogens is 1. The number of aryl methyl sites for hydroxylation is 2. The molecule has 2 heterocycles. The van der Waals surface area contributed by atoms with E-state index < -0.39 is 0 Å². The zero-order valence-corrected chi connectivity index (χ0v) is 12.2. The summed E-state index contributed by atoms with van der Waals surface area (Å²) >= 11 is 1.56. The lowest BCUT2D eigenvalue weighted by Crippen LogP contribution is -1.99. The predicted molar refractivity (Wildman–Crippen MR) is 79.6 cm³/mol. The van der Waals surface area contributed by atoms with Crippen LogP contribution in [0, 0.1) is 19.7 Å². The number of nitrogens with one attached hydrogen (secondary N) is 1. The normalized spacial score (nSPS) is 11.0. The molecule has 4 nitrogen and oxygen atoms in total. The van der Waals surface area contributed by atoms with Crippen molar-refractivity contribution in [2.75, 3.05) is 12.4 Å². The average Bonchev–Trinajstić information content (AvgIpc) is 2.76. The van der Waals surface area contributed by atoms with E-state index in [1.54, 1.807) is 24.5 Å². The second kappa shape index (κ2) is 4.79. The summed E-state index contributed by atoms with van der Waals surface area (Å²) in [4.78, 5) is 14.4. The van der Waals surface area contributed by atoms with E-state index in [1.165, 1.54) is 12.1 Å². The molecule has 0 amide bonds. The Morgan fingerprint density at radius 2 is 1.95 bits per heavy atom. The van der Waals surface area contributed by atoms with Crippen molar-refractivity contribution in [2.24, 2.45) is 0 Å². The smallest absolute Gasteiger partial charge is 0.174 e. The fraction of sp³-hybridized carbons (Fsp3) is 0.214. The molecule has 0 saturated heterocycles. The molecule has 1 aromatic carbocycles. The van der Waals surface area contributed by atoms with Gasteiger partial charge in [0.15, 0.2) is 5.82 Å². The Kier molecular flexibility index (Phi) is 3.10. The van der Waals surface area contributed by atoms with E-state index in [1.807, 2.05) is 13.8 Å². The highest BCUT2D eigenvalue weighted by Gasteiger charge is 2.14. The Bertz CT molecular complexity index is 797. The maximum Gasteiger partial charge on any atom is 0.174 e. The van der Waals surface area contributed by atoms with Gasteiger partial charge in [0.25, 0.3) is 0 Å². The first-order chi connectivity index (χ1) is 9.58. The Balaban J connectivity index is 2.28. The summed E-state index contributed by atoms with van der Waals surface area (Å²) in [6.07, 6.45) is 0. The summed E-state index contributed by atoms with van der Waals surface area (Å²) in [6.45, 7) is 3.90. The van der Waals surface area contributed by atoms with Gasteiger partial charge in [-0.25, -0.2) is 19.3 Å². The molecule has 2 aromatic heterocycles. The maximum atomic E-state index is 13.4. The van der Waals surface area contributed by atoms with E-state index in [2.05, 4.69) is 20.3 Å². The van der Waals surface area contributed by atoms with Crippen LogP contribution in [0.3, 0.4) is 0 Å². The number of nitrogens with zero attached hydrogens (tertiary/aromatic N) is 3. The van der Waals surface area contributed by atoms with Gasteiger partial charge in [0.2, 0.25) is 0 Å². The first-order valence-electron chi connectivity index (χ1n) is 6.18. The second-order valence-electron chi connectivity index (χ2n) is 4.45. The van der Waals surface area contributed by atoms with E-state index in [4.69, 9.17) is 0 Å². The summed E-state index contributed by atoms with van der Waals surface area (Å²) in [5.74, 6) is 0.946. The van der Waals surface area contributed by atoms with Crippen LogP contribution in [0.25, 0.3) is 21.6 Å². The molecule has 0 aliphatic carbocycles. The molecule has 0 aliphatic heterocycles. The van der Waals surface area contributed by atoms with Crippen LogP contribution in [0.2, 0.25) is 0 Å². The van der Waals surface area contributed by atoms with E-state index >= 15 is 0 Å². The number of thiazole rings is 1. The van der Waals surface area contributed by atoms with Crippen molar-refractivity contribution >= 4 is 28.1 Å². The van der Waals surface area contributed by atoms with Crippen LogP contribution in [-0.4, -0.2) is 22.0 Å². The van der Waals surface area contributed by atoms with Gasteiger partial charge in [-0.3, -0.25) is 0 Å². The summed E-state index contributed by atoms with van der Waals surface area (Å²) in [5, 5.41) is 4.65. The van der Waals surface area contributed by atoms with Crippen LogP contribution in [0.15, 0.2) is 18.2 Å². The monoisotopic (exact) mass is 288 g/mol. The van der Waals surface area contributed by atoms with Gasteiger partial charge in [0, 0.05) is 12.4 Å². The molecule has 1 N–H and O–H groups in total. The molecule has 0 aliphatic rings. The average molecular weight is 288 g/mol. The lowest BCUT2D eigenvalue weighted by atomic mass is 10.2. The Morgan fingerprint density at radius 3 is 2.60 bits per heavy atom. The Hall–Kier alpha value is -2.08. The molecule has 20 heavy (non-hydrogen) atoms. The van der Waals surface area contributed by atoms with Gasteiger partial charge in [-0.1, -0.05) is 0 Å². The summed E-state index contributed by atoms with van der Waals surface area (Å²) < 4.78 is 13.4. The fourth-order valence-corrected chi connectivity index (χ4v) is 2.99. The lowest BCUT2D eigenvalue weighted by Gasteiger charge is -2.07. The molecule has 102 valence electrons. The molecule has 0 unspecified atom stereocenters. The van der Waals surface area contributed by atoms with Gasteiger partial charge in [-0.15, -0.1) is 11.3 Å². The van der Waals surface area contributed by atoms with Gasteiger partial charge in [0.05, 0.1) is 21.1 Å². The number of benzene rings is 1. The molecule has 0 fully saturated rings. The van der Waals surface area contributed by atoms with Crippen LogP contribution < -0.4 is 5.32 Å². The maximum absolute atomic E-state index is 13.4. The second-order valence-corrected chi connectivity index (χ2v) is 5.66. The minimum absolute atomic E-state index is 0.296. The third-order valence-electron chi connectivity index (χ3n) is 3.00.